The smallest absolute Gasteiger partial charge is 0.313 e. The van der Waals surface area contributed by atoms with Gasteiger partial charge in [0, 0.05) is 37.6 Å². The average molecular weight is 351 g/mol. The standard InChI is InChI=1S/C21H25N3O2/c1-15-6-4-9-18(14-15)23-10-12-24(13-11-23)21(26)20(25)22-19-16(2)7-5-8-17(19)3/h4-9,14H,10-13H2,1-3H3,(H,22,25). The first kappa shape index (κ1) is 18.0. The molecule has 0 bridgehead atoms. The minimum absolute atomic E-state index is 0.462. The van der Waals surface area contributed by atoms with Crippen LogP contribution in [0.15, 0.2) is 42.5 Å². The van der Waals surface area contributed by atoms with Crippen molar-refractivity contribution < 1.29 is 9.59 Å². The number of carbonyl (C=O) groups excluding carboxylic acids is 2. The molecule has 1 heterocycles. The van der Waals surface area contributed by atoms with Crippen LogP contribution in [0.5, 0.6) is 0 Å². The number of amides is 2. The molecule has 136 valence electrons. The number of benzene rings is 2. The number of aryl methyl sites for hydroxylation is 3. The molecule has 1 N–H and O–H groups in total. The molecule has 0 aliphatic carbocycles. The summed E-state index contributed by atoms with van der Waals surface area (Å²) in [5.41, 5.74) is 5.01. The van der Waals surface area contributed by atoms with Crippen molar-refractivity contribution in [2.75, 3.05) is 36.4 Å². The van der Waals surface area contributed by atoms with Crippen LogP contribution in [-0.4, -0.2) is 42.9 Å². The van der Waals surface area contributed by atoms with Gasteiger partial charge in [-0.2, -0.15) is 0 Å². The molecule has 2 aromatic carbocycles. The van der Waals surface area contributed by atoms with E-state index < -0.39 is 11.8 Å². The quantitative estimate of drug-likeness (QED) is 0.847. The molecule has 2 aromatic rings. The Labute approximate surface area is 154 Å². The van der Waals surface area contributed by atoms with Gasteiger partial charge in [0.15, 0.2) is 0 Å². The fourth-order valence-electron chi connectivity index (χ4n) is 3.31. The van der Waals surface area contributed by atoms with Crippen LogP contribution in [0.4, 0.5) is 11.4 Å². The average Bonchev–Trinajstić information content (AvgIpc) is 2.64. The van der Waals surface area contributed by atoms with Gasteiger partial charge >= 0.3 is 11.8 Å². The molecule has 0 saturated carbocycles. The summed E-state index contributed by atoms with van der Waals surface area (Å²) in [5, 5.41) is 2.78. The Morgan fingerprint density at radius 2 is 1.50 bits per heavy atom. The van der Waals surface area contributed by atoms with E-state index in [0.717, 1.165) is 35.6 Å². The SMILES string of the molecule is Cc1cccc(N2CCN(C(=O)C(=O)Nc3c(C)cccc3C)CC2)c1. The normalized spacial score (nSPS) is 14.3. The van der Waals surface area contributed by atoms with Crippen molar-refractivity contribution in [1.29, 1.82) is 0 Å². The first-order valence-corrected chi connectivity index (χ1v) is 8.94. The van der Waals surface area contributed by atoms with E-state index in [-0.39, 0.29) is 0 Å². The van der Waals surface area contributed by atoms with Crippen molar-refractivity contribution in [2.45, 2.75) is 20.8 Å². The molecule has 3 rings (SSSR count). The number of piperazine rings is 1. The second kappa shape index (κ2) is 7.60. The van der Waals surface area contributed by atoms with Gasteiger partial charge in [-0.3, -0.25) is 9.59 Å². The van der Waals surface area contributed by atoms with E-state index in [1.807, 2.05) is 38.1 Å². The van der Waals surface area contributed by atoms with Gasteiger partial charge in [-0.05, 0) is 49.6 Å². The summed E-state index contributed by atoms with van der Waals surface area (Å²) in [6.07, 6.45) is 0. The maximum absolute atomic E-state index is 12.5. The van der Waals surface area contributed by atoms with Gasteiger partial charge in [0.25, 0.3) is 0 Å². The summed E-state index contributed by atoms with van der Waals surface area (Å²) in [6.45, 7) is 8.47. The third-order valence-corrected chi connectivity index (χ3v) is 4.85. The van der Waals surface area contributed by atoms with Crippen molar-refractivity contribution >= 4 is 23.2 Å². The first-order valence-electron chi connectivity index (χ1n) is 8.94. The Morgan fingerprint density at radius 1 is 0.885 bits per heavy atom. The van der Waals surface area contributed by atoms with Crippen LogP contribution in [-0.2, 0) is 9.59 Å². The molecular formula is C21H25N3O2. The van der Waals surface area contributed by atoms with E-state index in [1.54, 1.807) is 4.90 Å². The third-order valence-electron chi connectivity index (χ3n) is 4.85. The van der Waals surface area contributed by atoms with Crippen molar-refractivity contribution in [2.24, 2.45) is 0 Å². The molecule has 1 fully saturated rings. The lowest BCUT2D eigenvalue weighted by atomic mass is 10.1. The Bertz CT molecular complexity index is 804. The molecule has 2 amide bonds. The summed E-state index contributed by atoms with van der Waals surface area (Å²) in [5.74, 6) is -1.03. The van der Waals surface area contributed by atoms with Crippen LogP contribution in [0.1, 0.15) is 16.7 Å². The zero-order valence-corrected chi connectivity index (χ0v) is 15.6. The largest absolute Gasteiger partial charge is 0.368 e. The van der Waals surface area contributed by atoms with E-state index in [9.17, 15) is 9.59 Å². The molecule has 0 atom stereocenters. The molecule has 5 heteroatoms. The first-order chi connectivity index (χ1) is 12.5. The summed E-state index contributed by atoms with van der Waals surface area (Å²) < 4.78 is 0. The lowest BCUT2D eigenvalue weighted by Crippen LogP contribution is -2.51. The molecule has 0 aromatic heterocycles. The minimum atomic E-state index is -0.564. The topological polar surface area (TPSA) is 52.7 Å². The zero-order valence-electron chi connectivity index (χ0n) is 15.6. The Morgan fingerprint density at radius 3 is 2.12 bits per heavy atom. The van der Waals surface area contributed by atoms with E-state index in [2.05, 4.69) is 35.3 Å². The predicted molar refractivity (Wildman–Crippen MR) is 105 cm³/mol. The number of hydrogen-bond donors (Lipinski definition) is 1. The number of carbonyl (C=O) groups is 2. The number of rotatable bonds is 2. The van der Waals surface area contributed by atoms with Crippen LogP contribution in [0, 0.1) is 20.8 Å². The van der Waals surface area contributed by atoms with Crippen LogP contribution in [0.2, 0.25) is 0 Å². The van der Waals surface area contributed by atoms with E-state index in [1.165, 1.54) is 5.56 Å². The van der Waals surface area contributed by atoms with Crippen LogP contribution in [0.25, 0.3) is 0 Å². The number of hydrogen-bond acceptors (Lipinski definition) is 3. The van der Waals surface area contributed by atoms with Gasteiger partial charge in [0.2, 0.25) is 0 Å². The van der Waals surface area contributed by atoms with Gasteiger partial charge in [-0.15, -0.1) is 0 Å². The van der Waals surface area contributed by atoms with E-state index in [4.69, 9.17) is 0 Å². The summed E-state index contributed by atoms with van der Waals surface area (Å²) in [7, 11) is 0. The third kappa shape index (κ3) is 3.87. The van der Waals surface area contributed by atoms with Crippen molar-refractivity contribution in [1.82, 2.24) is 4.90 Å². The van der Waals surface area contributed by atoms with Crippen LogP contribution < -0.4 is 10.2 Å². The van der Waals surface area contributed by atoms with Crippen molar-refractivity contribution in [3.63, 3.8) is 0 Å². The molecule has 0 unspecified atom stereocenters. The molecule has 1 aliphatic heterocycles. The second-order valence-electron chi connectivity index (χ2n) is 6.84. The van der Waals surface area contributed by atoms with Gasteiger partial charge in [0.1, 0.15) is 0 Å². The molecule has 0 spiro atoms. The van der Waals surface area contributed by atoms with Crippen molar-refractivity contribution in [3.05, 3.63) is 59.2 Å². The Kier molecular flexibility index (Phi) is 5.26. The maximum Gasteiger partial charge on any atom is 0.313 e. The highest BCUT2D eigenvalue weighted by atomic mass is 16.2. The minimum Gasteiger partial charge on any atom is -0.368 e. The van der Waals surface area contributed by atoms with Crippen LogP contribution in [0.3, 0.4) is 0 Å². The highest BCUT2D eigenvalue weighted by Gasteiger charge is 2.26. The van der Waals surface area contributed by atoms with Gasteiger partial charge < -0.3 is 15.1 Å². The molecule has 5 nitrogen and oxygen atoms in total. The predicted octanol–water partition coefficient (Wildman–Crippen LogP) is 2.90. The van der Waals surface area contributed by atoms with E-state index in [0.29, 0.717) is 13.1 Å². The van der Waals surface area contributed by atoms with Crippen LogP contribution >= 0.6 is 0 Å². The molecule has 1 aliphatic rings. The summed E-state index contributed by atoms with van der Waals surface area (Å²) in [4.78, 5) is 28.8. The number of nitrogens with zero attached hydrogens (tertiary/aromatic N) is 2. The molecular weight excluding hydrogens is 326 g/mol. The zero-order chi connectivity index (χ0) is 18.7. The lowest BCUT2D eigenvalue weighted by Gasteiger charge is -2.35. The molecule has 26 heavy (non-hydrogen) atoms. The highest BCUT2D eigenvalue weighted by molar-refractivity contribution is 6.39. The lowest BCUT2D eigenvalue weighted by molar-refractivity contribution is -0.143. The Hall–Kier alpha value is -2.82. The fraction of sp³-hybridized carbons (Fsp3) is 0.333. The summed E-state index contributed by atoms with van der Waals surface area (Å²) in [6, 6.07) is 14.1. The summed E-state index contributed by atoms with van der Waals surface area (Å²) >= 11 is 0. The van der Waals surface area contributed by atoms with Gasteiger partial charge in [0.05, 0.1) is 0 Å². The number of para-hydroxylation sites is 1. The van der Waals surface area contributed by atoms with Crippen molar-refractivity contribution in [3.8, 4) is 0 Å². The number of nitrogens with one attached hydrogen (secondary N) is 1. The highest BCUT2D eigenvalue weighted by Crippen LogP contribution is 2.20. The maximum atomic E-state index is 12.5. The van der Waals surface area contributed by atoms with Gasteiger partial charge in [-0.1, -0.05) is 30.3 Å². The Balaban J connectivity index is 1.60. The van der Waals surface area contributed by atoms with Gasteiger partial charge in [-0.25, -0.2) is 0 Å². The molecule has 1 saturated heterocycles. The monoisotopic (exact) mass is 351 g/mol. The molecule has 0 radical (unpaired) electrons. The second-order valence-corrected chi connectivity index (χ2v) is 6.84. The number of anilines is 2. The fourth-order valence-corrected chi connectivity index (χ4v) is 3.31. The van der Waals surface area contributed by atoms with E-state index >= 15 is 0 Å².